The first kappa shape index (κ1) is 22.4. The van der Waals surface area contributed by atoms with Crippen molar-refractivity contribution in [2.24, 2.45) is 10.8 Å². The number of carbonyl (C=O) groups excluding carboxylic acids is 3. The summed E-state index contributed by atoms with van der Waals surface area (Å²) in [7, 11) is 3.51. The normalized spacial score (nSPS) is 24.5. The fraction of sp³-hybridized carbons (Fsp3) is 0.625. The molecule has 0 radical (unpaired) electrons. The molecule has 3 aliphatic rings. The third-order valence-electron chi connectivity index (χ3n) is 7.79. The van der Waals surface area contributed by atoms with Gasteiger partial charge in [0.1, 0.15) is 0 Å². The Bertz CT molecular complexity index is 909. The fourth-order valence-corrected chi connectivity index (χ4v) is 5.96. The largest absolute Gasteiger partial charge is 0.342 e. The monoisotopic (exact) mass is 441 g/mol. The van der Waals surface area contributed by atoms with E-state index in [1.807, 2.05) is 52.8 Å². The van der Waals surface area contributed by atoms with Crippen LogP contribution in [0.4, 0.5) is 15.3 Å². The van der Waals surface area contributed by atoms with Crippen molar-refractivity contribution in [1.29, 1.82) is 0 Å². The lowest BCUT2D eigenvalue weighted by Gasteiger charge is -2.46. The quantitative estimate of drug-likeness (QED) is 0.767. The zero-order chi connectivity index (χ0) is 23.1. The molecule has 1 aromatic rings. The number of anilines is 1. The van der Waals surface area contributed by atoms with Crippen LogP contribution >= 0.6 is 0 Å². The Hall–Kier alpha value is -2.77. The van der Waals surface area contributed by atoms with E-state index in [9.17, 15) is 14.4 Å². The molecule has 4 rings (SSSR count). The first-order chi connectivity index (χ1) is 15.2. The molecule has 0 aliphatic carbocycles. The number of hydrogen-bond acceptors (Lipinski definition) is 3. The smallest absolute Gasteiger partial charge is 0.321 e. The highest BCUT2D eigenvalue weighted by Crippen LogP contribution is 2.58. The van der Waals surface area contributed by atoms with Gasteiger partial charge in [0.2, 0.25) is 5.91 Å². The van der Waals surface area contributed by atoms with Gasteiger partial charge in [-0.3, -0.25) is 4.79 Å². The minimum atomic E-state index is -0.534. The van der Waals surface area contributed by atoms with Gasteiger partial charge in [-0.25, -0.2) is 9.59 Å². The molecule has 0 unspecified atom stereocenters. The van der Waals surface area contributed by atoms with Crippen molar-refractivity contribution in [2.75, 3.05) is 58.7 Å². The lowest BCUT2D eigenvalue weighted by molar-refractivity contribution is -0.141. The van der Waals surface area contributed by atoms with Crippen LogP contribution in [0.5, 0.6) is 0 Å². The molecule has 8 heteroatoms. The molecular weight excluding hydrogens is 406 g/mol. The molecule has 32 heavy (non-hydrogen) atoms. The molecule has 3 heterocycles. The molecule has 1 aromatic carbocycles. The van der Waals surface area contributed by atoms with Crippen LogP contribution in [0.1, 0.15) is 31.7 Å². The molecule has 0 aromatic heterocycles. The van der Waals surface area contributed by atoms with Crippen molar-refractivity contribution in [2.45, 2.75) is 33.1 Å². The zero-order valence-corrected chi connectivity index (χ0v) is 19.7. The topological polar surface area (TPSA) is 76.2 Å². The molecular formula is C24H35N5O3. The summed E-state index contributed by atoms with van der Waals surface area (Å²) >= 11 is 0. The van der Waals surface area contributed by atoms with Gasteiger partial charge in [0.05, 0.1) is 5.41 Å². The number of hydrogen-bond donors (Lipinski definition) is 1. The van der Waals surface area contributed by atoms with Crippen LogP contribution in [0.25, 0.3) is 0 Å². The molecule has 8 nitrogen and oxygen atoms in total. The number of benzene rings is 1. The number of rotatable bonds is 2. The standard InChI is InChI=1S/C24H35N5O3/c1-5-27-14-11-24(20(27)30)17-29(22(32)26(3)4)16-23(24)9-12-28(13-10-23)21(31)25-19-8-6-7-18(2)15-19/h6-8,15H,5,9-14,16-17H2,1-4H3,(H,25,31)/t24-/m1/s1. The highest BCUT2D eigenvalue weighted by Gasteiger charge is 2.66. The summed E-state index contributed by atoms with van der Waals surface area (Å²) < 4.78 is 0. The van der Waals surface area contributed by atoms with E-state index >= 15 is 0 Å². The summed E-state index contributed by atoms with van der Waals surface area (Å²) in [5.74, 6) is 0.187. The molecule has 2 spiro atoms. The van der Waals surface area contributed by atoms with Crippen LogP contribution in [-0.4, -0.2) is 90.9 Å². The van der Waals surface area contributed by atoms with Crippen LogP contribution in [0, 0.1) is 17.8 Å². The Labute approximate surface area is 190 Å². The average molecular weight is 442 g/mol. The van der Waals surface area contributed by atoms with Gasteiger partial charge in [-0.05, 0) is 50.8 Å². The Morgan fingerprint density at radius 3 is 2.38 bits per heavy atom. The van der Waals surface area contributed by atoms with E-state index in [2.05, 4.69) is 5.32 Å². The molecule has 1 N–H and O–H groups in total. The number of piperidine rings is 1. The highest BCUT2D eigenvalue weighted by atomic mass is 16.2. The molecule has 1 atom stereocenters. The predicted molar refractivity (Wildman–Crippen MR) is 123 cm³/mol. The number of urea groups is 2. The summed E-state index contributed by atoms with van der Waals surface area (Å²) in [6, 6.07) is 7.63. The number of amides is 5. The number of nitrogens with zero attached hydrogens (tertiary/aromatic N) is 4. The van der Waals surface area contributed by atoms with E-state index in [1.165, 1.54) is 0 Å². The minimum absolute atomic E-state index is 0.0383. The molecule has 3 saturated heterocycles. The van der Waals surface area contributed by atoms with Crippen molar-refractivity contribution >= 4 is 23.7 Å². The van der Waals surface area contributed by atoms with Crippen LogP contribution in [-0.2, 0) is 4.79 Å². The minimum Gasteiger partial charge on any atom is -0.342 e. The van der Waals surface area contributed by atoms with Crippen molar-refractivity contribution in [3.8, 4) is 0 Å². The van der Waals surface area contributed by atoms with Gasteiger partial charge >= 0.3 is 12.1 Å². The fourth-order valence-electron chi connectivity index (χ4n) is 5.96. The van der Waals surface area contributed by atoms with Crippen molar-refractivity contribution in [3.63, 3.8) is 0 Å². The van der Waals surface area contributed by atoms with Gasteiger partial charge in [-0.15, -0.1) is 0 Å². The second-order valence-corrected chi connectivity index (χ2v) is 9.82. The van der Waals surface area contributed by atoms with Crippen LogP contribution in [0.2, 0.25) is 0 Å². The Balaban J connectivity index is 1.52. The van der Waals surface area contributed by atoms with Crippen molar-refractivity contribution < 1.29 is 14.4 Å². The maximum atomic E-state index is 13.5. The van der Waals surface area contributed by atoms with E-state index in [-0.39, 0.29) is 23.4 Å². The maximum Gasteiger partial charge on any atom is 0.321 e. The van der Waals surface area contributed by atoms with Crippen LogP contribution in [0.3, 0.4) is 0 Å². The predicted octanol–water partition coefficient (Wildman–Crippen LogP) is 2.84. The van der Waals surface area contributed by atoms with E-state index in [4.69, 9.17) is 0 Å². The average Bonchev–Trinajstić information content (AvgIpc) is 3.26. The van der Waals surface area contributed by atoms with Crippen molar-refractivity contribution in [1.82, 2.24) is 19.6 Å². The van der Waals surface area contributed by atoms with Crippen LogP contribution in [0.15, 0.2) is 24.3 Å². The number of aryl methyl sites for hydroxylation is 1. The third-order valence-corrected chi connectivity index (χ3v) is 7.79. The number of likely N-dealkylation sites (tertiary alicyclic amines) is 3. The summed E-state index contributed by atoms with van der Waals surface area (Å²) in [6.07, 6.45) is 2.25. The Morgan fingerprint density at radius 1 is 1.06 bits per heavy atom. The van der Waals surface area contributed by atoms with E-state index in [1.54, 1.807) is 19.0 Å². The van der Waals surface area contributed by atoms with E-state index in [0.29, 0.717) is 32.7 Å². The summed E-state index contributed by atoms with van der Waals surface area (Å²) in [5.41, 5.74) is 1.08. The highest BCUT2D eigenvalue weighted by molar-refractivity contribution is 5.90. The number of fused-ring (bicyclic) bond motifs is 1. The lowest BCUT2D eigenvalue weighted by Crippen LogP contribution is -2.54. The third kappa shape index (κ3) is 3.59. The zero-order valence-electron chi connectivity index (χ0n) is 19.7. The van der Waals surface area contributed by atoms with E-state index in [0.717, 1.165) is 37.1 Å². The molecule has 0 saturated carbocycles. The van der Waals surface area contributed by atoms with Gasteiger partial charge < -0.3 is 24.9 Å². The summed E-state index contributed by atoms with van der Waals surface area (Å²) in [6.45, 7) is 7.70. The summed E-state index contributed by atoms with van der Waals surface area (Å²) in [4.78, 5) is 46.5. The van der Waals surface area contributed by atoms with E-state index < -0.39 is 5.41 Å². The molecule has 5 amide bonds. The Morgan fingerprint density at radius 2 is 1.78 bits per heavy atom. The second-order valence-electron chi connectivity index (χ2n) is 9.82. The SMILES string of the molecule is CCN1CC[C@@]2(CN(C(=O)N(C)C)CC23CCN(C(=O)Nc2cccc(C)c2)CC3)C1=O. The van der Waals surface area contributed by atoms with Gasteiger partial charge in [0, 0.05) is 64.5 Å². The first-order valence-electron chi connectivity index (χ1n) is 11.6. The molecule has 3 fully saturated rings. The van der Waals surface area contributed by atoms with Gasteiger partial charge in [0.25, 0.3) is 0 Å². The maximum absolute atomic E-state index is 13.5. The number of carbonyl (C=O) groups is 3. The van der Waals surface area contributed by atoms with Crippen molar-refractivity contribution in [3.05, 3.63) is 29.8 Å². The Kier molecular flexibility index (Phi) is 5.81. The van der Waals surface area contributed by atoms with Gasteiger partial charge in [-0.2, -0.15) is 0 Å². The number of nitrogens with one attached hydrogen (secondary N) is 1. The first-order valence-corrected chi connectivity index (χ1v) is 11.6. The van der Waals surface area contributed by atoms with Crippen LogP contribution < -0.4 is 5.32 Å². The second kappa shape index (κ2) is 8.30. The molecule has 3 aliphatic heterocycles. The molecule has 0 bridgehead atoms. The lowest BCUT2D eigenvalue weighted by atomic mass is 9.60. The van der Waals surface area contributed by atoms with Gasteiger partial charge in [0.15, 0.2) is 0 Å². The van der Waals surface area contributed by atoms with Gasteiger partial charge in [-0.1, -0.05) is 12.1 Å². The molecule has 174 valence electrons. The summed E-state index contributed by atoms with van der Waals surface area (Å²) in [5, 5.41) is 3.00.